The van der Waals surface area contributed by atoms with E-state index in [1.165, 1.54) is 13.2 Å². The van der Waals surface area contributed by atoms with Gasteiger partial charge in [-0.3, -0.25) is 4.90 Å². The summed E-state index contributed by atoms with van der Waals surface area (Å²) in [5.41, 5.74) is 0.822. The second-order valence-electron chi connectivity index (χ2n) is 3.69. The summed E-state index contributed by atoms with van der Waals surface area (Å²) >= 11 is 0. The zero-order valence-corrected chi connectivity index (χ0v) is 9.70. The third kappa shape index (κ3) is 2.94. The highest BCUT2D eigenvalue weighted by Crippen LogP contribution is 2.18. The van der Waals surface area contributed by atoms with Gasteiger partial charge in [0, 0.05) is 6.54 Å². The molecule has 1 aromatic carbocycles. The van der Waals surface area contributed by atoms with Crippen molar-refractivity contribution in [1.82, 2.24) is 4.90 Å². The summed E-state index contributed by atoms with van der Waals surface area (Å²) in [5, 5.41) is 8.73. The van der Waals surface area contributed by atoms with Crippen LogP contribution in [0.5, 0.6) is 5.75 Å². The van der Waals surface area contributed by atoms with Crippen LogP contribution in [0.15, 0.2) is 18.2 Å². The van der Waals surface area contributed by atoms with Gasteiger partial charge in [0.2, 0.25) is 0 Å². The van der Waals surface area contributed by atoms with Crippen LogP contribution in [0.3, 0.4) is 0 Å². The van der Waals surface area contributed by atoms with Crippen LogP contribution >= 0.6 is 0 Å². The number of ether oxygens (including phenoxy) is 1. The first-order valence-electron chi connectivity index (χ1n) is 5.00. The number of nitrogens with zero attached hydrogens (tertiary/aromatic N) is 2. The van der Waals surface area contributed by atoms with Crippen molar-refractivity contribution in [2.45, 2.75) is 19.5 Å². The SMILES string of the molecule is COc1ccc(CN(C)C(C)C#N)cc1F. The minimum atomic E-state index is -0.377. The molecule has 0 aromatic heterocycles. The molecule has 0 saturated heterocycles. The predicted octanol–water partition coefficient (Wildman–Crippen LogP) is 2.18. The monoisotopic (exact) mass is 222 g/mol. The molecule has 1 aromatic rings. The quantitative estimate of drug-likeness (QED) is 0.783. The Bertz CT molecular complexity index is 400. The van der Waals surface area contributed by atoms with E-state index in [0.717, 1.165) is 5.56 Å². The van der Waals surface area contributed by atoms with E-state index in [1.807, 2.05) is 11.9 Å². The van der Waals surface area contributed by atoms with Gasteiger partial charge in [0.25, 0.3) is 0 Å². The Hall–Kier alpha value is -1.60. The third-order valence-electron chi connectivity index (χ3n) is 2.50. The van der Waals surface area contributed by atoms with Crippen molar-refractivity contribution in [2.75, 3.05) is 14.2 Å². The molecule has 0 aliphatic heterocycles. The van der Waals surface area contributed by atoms with Gasteiger partial charge in [-0.25, -0.2) is 4.39 Å². The highest BCUT2D eigenvalue weighted by molar-refractivity contribution is 5.29. The number of halogens is 1. The van der Waals surface area contributed by atoms with E-state index in [-0.39, 0.29) is 17.6 Å². The van der Waals surface area contributed by atoms with Crippen molar-refractivity contribution < 1.29 is 9.13 Å². The Morgan fingerprint density at radius 2 is 2.25 bits per heavy atom. The van der Waals surface area contributed by atoms with Crippen LogP contribution in [0.25, 0.3) is 0 Å². The van der Waals surface area contributed by atoms with Gasteiger partial charge in [0.05, 0.1) is 19.2 Å². The van der Waals surface area contributed by atoms with Crippen LogP contribution in [-0.2, 0) is 6.54 Å². The Balaban J connectivity index is 2.76. The summed E-state index contributed by atoms with van der Waals surface area (Å²) in [4.78, 5) is 1.85. The largest absolute Gasteiger partial charge is 0.494 e. The summed E-state index contributed by atoms with van der Waals surface area (Å²) in [6, 6.07) is 6.76. The van der Waals surface area contributed by atoms with Gasteiger partial charge in [-0.05, 0) is 31.7 Å². The molecule has 3 nitrogen and oxygen atoms in total. The molecule has 1 rings (SSSR count). The van der Waals surface area contributed by atoms with E-state index < -0.39 is 0 Å². The lowest BCUT2D eigenvalue weighted by Gasteiger charge is -2.19. The fraction of sp³-hybridized carbons (Fsp3) is 0.417. The fourth-order valence-corrected chi connectivity index (χ4v) is 1.33. The third-order valence-corrected chi connectivity index (χ3v) is 2.50. The highest BCUT2D eigenvalue weighted by atomic mass is 19.1. The molecule has 0 aliphatic carbocycles. The summed E-state index contributed by atoms with van der Waals surface area (Å²) in [7, 11) is 3.26. The summed E-state index contributed by atoms with van der Waals surface area (Å²) < 4.78 is 18.2. The summed E-state index contributed by atoms with van der Waals surface area (Å²) in [6.45, 7) is 2.34. The molecule has 1 unspecified atom stereocenters. The highest BCUT2D eigenvalue weighted by Gasteiger charge is 2.10. The number of benzene rings is 1. The molecular formula is C12H15FN2O. The lowest BCUT2D eigenvalue weighted by atomic mass is 10.2. The van der Waals surface area contributed by atoms with Gasteiger partial charge in [-0.1, -0.05) is 6.07 Å². The lowest BCUT2D eigenvalue weighted by molar-refractivity contribution is 0.293. The lowest BCUT2D eigenvalue weighted by Crippen LogP contribution is -2.27. The summed E-state index contributed by atoms with van der Waals surface area (Å²) in [5.74, 6) is -0.141. The van der Waals surface area contributed by atoms with Crippen molar-refractivity contribution in [3.05, 3.63) is 29.6 Å². The van der Waals surface area contributed by atoms with Crippen molar-refractivity contribution in [3.63, 3.8) is 0 Å². The minimum absolute atomic E-state index is 0.190. The molecule has 16 heavy (non-hydrogen) atoms. The van der Waals surface area contributed by atoms with Gasteiger partial charge in [-0.2, -0.15) is 5.26 Å². The molecule has 0 saturated carbocycles. The maximum Gasteiger partial charge on any atom is 0.165 e. The number of rotatable bonds is 4. The molecule has 0 fully saturated rings. The van der Waals surface area contributed by atoms with Gasteiger partial charge >= 0.3 is 0 Å². The van der Waals surface area contributed by atoms with E-state index in [1.54, 1.807) is 19.1 Å². The van der Waals surface area contributed by atoms with Crippen molar-refractivity contribution in [1.29, 1.82) is 5.26 Å². The van der Waals surface area contributed by atoms with Crippen molar-refractivity contribution in [2.24, 2.45) is 0 Å². The van der Waals surface area contributed by atoms with Crippen molar-refractivity contribution in [3.8, 4) is 11.8 Å². The van der Waals surface area contributed by atoms with Crippen LogP contribution in [0, 0.1) is 17.1 Å². The average molecular weight is 222 g/mol. The number of methoxy groups -OCH3 is 1. The molecule has 0 amide bonds. The molecule has 0 N–H and O–H groups in total. The maximum atomic E-state index is 13.4. The molecule has 4 heteroatoms. The second-order valence-corrected chi connectivity index (χ2v) is 3.69. The molecule has 1 atom stereocenters. The van der Waals surface area contributed by atoms with Gasteiger partial charge < -0.3 is 4.74 Å². The summed E-state index contributed by atoms with van der Waals surface area (Å²) in [6.07, 6.45) is 0. The molecule has 0 spiro atoms. The van der Waals surface area contributed by atoms with E-state index >= 15 is 0 Å². The van der Waals surface area contributed by atoms with Crippen LogP contribution in [0.4, 0.5) is 4.39 Å². The molecule has 0 heterocycles. The number of hydrogen-bond acceptors (Lipinski definition) is 3. The molecule has 0 bridgehead atoms. The standard InChI is InChI=1S/C12H15FN2O/c1-9(7-14)15(2)8-10-4-5-12(16-3)11(13)6-10/h4-6,9H,8H2,1-3H3. The van der Waals surface area contributed by atoms with E-state index in [0.29, 0.717) is 6.54 Å². The van der Waals surface area contributed by atoms with Crippen LogP contribution in [0.2, 0.25) is 0 Å². The first-order valence-corrected chi connectivity index (χ1v) is 5.00. The molecule has 86 valence electrons. The van der Waals surface area contributed by atoms with Gasteiger partial charge in [0.15, 0.2) is 11.6 Å². The topological polar surface area (TPSA) is 36.3 Å². The maximum absolute atomic E-state index is 13.4. The molecule has 0 radical (unpaired) electrons. The molecule has 0 aliphatic rings. The van der Waals surface area contributed by atoms with Crippen LogP contribution < -0.4 is 4.74 Å². The Kier molecular flexibility index (Phi) is 4.27. The first kappa shape index (κ1) is 12.5. The minimum Gasteiger partial charge on any atom is -0.494 e. The van der Waals surface area contributed by atoms with Crippen LogP contribution in [0.1, 0.15) is 12.5 Å². The van der Waals surface area contributed by atoms with E-state index in [9.17, 15) is 4.39 Å². The Labute approximate surface area is 95.1 Å². The zero-order valence-electron chi connectivity index (χ0n) is 9.70. The average Bonchev–Trinajstić information content (AvgIpc) is 2.28. The Morgan fingerprint density at radius 1 is 1.56 bits per heavy atom. The van der Waals surface area contributed by atoms with Crippen LogP contribution in [-0.4, -0.2) is 25.1 Å². The second kappa shape index (κ2) is 5.47. The zero-order chi connectivity index (χ0) is 12.1. The van der Waals surface area contributed by atoms with Gasteiger partial charge in [-0.15, -0.1) is 0 Å². The van der Waals surface area contributed by atoms with Crippen molar-refractivity contribution >= 4 is 0 Å². The first-order chi connectivity index (χ1) is 7.58. The van der Waals surface area contributed by atoms with E-state index in [4.69, 9.17) is 10.00 Å². The Morgan fingerprint density at radius 3 is 2.75 bits per heavy atom. The normalized spacial score (nSPS) is 12.2. The fourth-order valence-electron chi connectivity index (χ4n) is 1.33. The van der Waals surface area contributed by atoms with E-state index in [2.05, 4.69) is 6.07 Å². The number of hydrogen-bond donors (Lipinski definition) is 0. The number of nitriles is 1. The van der Waals surface area contributed by atoms with Gasteiger partial charge in [0.1, 0.15) is 0 Å². The smallest absolute Gasteiger partial charge is 0.165 e. The predicted molar refractivity (Wildman–Crippen MR) is 59.5 cm³/mol. The molecular weight excluding hydrogens is 207 g/mol.